The first kappa shape index (κ1) is 18.1. The number of carbonyl (C=O) groups excluding carboxylic acids is 2. The Bertz CT molecular complexity index is 491. The van der Waals surface area contributed by atoms with Crippen LogP contribution in [0.15, 0.2) is 24.3 Å². The molecular weight excluding hydrogens is 283 g/mol. The smallest absolute Gasteiger partial charge is 0.222 e. The van der Waals surface area contributed by atoms with Crippen LogP contribution in [0.3, 0.4) is 0 Å². The Morgan fingerprint density at radius 3 is 2.64 bits per heavy atom. The van der Waals surface area contributed by atoms with Crippen LogP contribution in [0.5, 0.6) is 0 Å². The van der Waals surface area contributed by atoms with E-state index in [9.17, 15) is 14.0 Å². The van der Waals surface area contributed by atoms with Crippen molar-refractivity contribution >= 4 is 11.8 Å². The van der Waals surface area contributed by atoms with E-state index in [0.717, 1.165) is 24.8 Å². The Hall–Kier alpha value is -1.91. The lowest BCUT2D eigenvalue weighted by Gasteiger charge is -2.21. The molecule has 0 atom stereocenters. The van der Waals surface area contributed by atoms with Crippen molar-refractivity contribution in [2.45, 2.75) is 46.1 Å². The van der Waals surface area contributed by atoms with Gasteiger partial charge in [0.25, 0.3) is 0 Å². The van der Waals surface area contributed by atoms with Gasteiger partial charge in [-0.1, -0.05) is 18.6 Å². The molecule has 0 aliphatic heterocycles. The van der Waals surface area contributed by atoms with Gasteiger partial charge in [0.1, 0.15) is 5.82 Å². The summed E-state index contributed by atoms with van der Waals surface area (Å²) in [5.41, 5.74) is 0.806. The zero-order chi connectivity index (χ0) is 16.4. The molecule has 122 valence electrons. The van der Waals surface area contributed by atoms with Gasteiger partial charge in [-0.25, -0.2) is 4.39 Å². The van der Waals surface area contributed by atoms with Gasteiger partial charge in [-0.3, -0.25) is 9.59 Å². The molecule has 0 aliphatic rings. The average molecular weight is 308 g/mol. The fourth-order valence-electron chi connectivity index (χ4n) is 2.23. The SMILES string of the molecule is CCN(Cc1cccc(F)c1)C(=O)CCCCCNC(C)=O. The Morgan fingerprint density at radius 1 is 1.23 bits per heavy atom. The molecule has 0 fully saturated rings. The molecule has 2 amide bonds. The number of rotatable bonds is 9. The third kappa shape index (κ3) is 7.20. The molecule has 0 unspecified atom stereocenters. The highest BCUT2D eigenvalue weighted by Gasteiger charge is 2.12. The van der Waals surface area contributed by atoms with Crippen LogP contribution in [0.1, 0.15) is 45.1 Å². The van der Waals surface area contributed by atoms with E-state index in [1.807, 2.05) is 13.0 Å². The highest BCUT2D eigenvalue weighted by atomic mass is 19.1. The van der Waals surface area contributed by atoms with Gasteiger partial charge in [-0.05, 0) is 37.5 Å². The van der Waals surface area contributed by atoms with Crippen LogP contribution in [-0.2, 0) is 16.1 Å². The molecule has 22 heavy (non-hydrogen) atoms. The van der Waals surface area contributed by atoms with Crippen molar-refractivity contribution in [3.8, 4) is 0 Å². The summed E-state index contributed by atoms with van der Waals surface area (Å²) >= 11 is 0. The lowest BCUT2D eigenvalue weighted by molar-refractivity contribution is -0.131. The molecule has 1 rings (SSSR count). The second-order valence-electron chi connectivity index (χ2n) is 5.33. The Labute approximate surface area is 131 Å². The monoisotopic (exact) mass is 308 g/mol. The Morgan fingerprint density at radius 2 is 2.00 bits per heavy atom. The van der Waals surface area contributed by atoms with Gasteiger partial charge in [0, 0.05) is 33.0 Å². The van der Waals surface area contributed by atoms with Gasteiger partial charge >= 0.3 is 0 Å². The number of hydrogen-bond acceptors (Lipinski definition) is 2. The predicted octanol–water partition coefficient (Wildman–Crippen LogP) is 2.87. The van der Waals surface area contributed by atoms with E-state index < -0.39 is 0 Å². The van der Waals surface area contributed by atoms with E-state index in [1.54, 1.807) is 11.0 Å². The standard InChI is InChI=1S/C17H25FN2O2/c1-3-20(13-15-8-7-9-16(18)12-15)17(22)10-5-4-6-11-19-14(2)21/h7-9,12H,3-6,10-11,13H2,1-2H3,(H,19,21). The van der Waals surface area contributed by atoms with Gasteiger partial charge in [0.05, 0.1) is 0 Å². The van der Waals surface area contributed by atoms with Crippen LogP contribution in [0.25, 0.3) is 0 Å². The number of halogens is 1. The summed E-state index contributed by atoms with van der Waals surface area (Å²) in [6, 6.07) is 6.34. The highest BCUT2D eigenvalue weighted by Crippen LogP contribution is 2.10. The maximum atomic E-state index is 13.2. The summed E-state index contributed by atoms with van der Waals surface area (Å²) in [5.74, 6) is -0.214. The maximum Gasteiger partial charge on any atom is 0.222 e. The minimum atomic E-state index is -0.279. The van der Waals surface area contributed by atoms with Gasteiger partial charge in [-0.2, -0.15) is 0 Å². The average Bonchev–Trinajstić information content (AvgIpc) is 2.47. The van der Waals surface area contributed by atoms with Crippen molar-refractivity contribution in [2.24, 2.45) is 0 Å². The zero-order valence-electron chi connectivity index (χ0n) is 13.4. The van der Waals surface area contributed by atoms with Crippen LogP contribution < -0.4 is 5.32 Å². The maximum absolute atomic E-state index is 13.2. The van der Waals surface area contributed by atoms with E-state index in [2.05, 4.69) is 5.32 Å². The normalized spacial score (nSPS) is 10.3. The van der Waals surface area contributed by atoms with Crippen molar-refractivity contribution < 1.29 is 14.0 Å². The Balaban J connectivity index is 2.30. The predicted molar refractivity (Wildman–Crippen MR) is 84.6 cm³/mol. The third-order valence-electron chi connectivity index (χ3n) is 3.44. The van der Waals surface area contributed by atoms with E-state index in [0.29, 0.717) is 26.1 Å². The summed E-state index contributed by atoms with van der Waals surface area (Å²) in [5, 5.41) is 2.74. The molecule has 1 aromatic carbocycles. The molecule has 0 saturated heterocycles. The molecule has 0 heterocycles. The first-order chi connectivity index (χ1) is 10.5. The molecule has 0 aromatic heterocycles. The number of carbonyl (C=O) groups is 2. The van der Waals surface area contributed by atoms with Crippen molar-refractivity contribution in [3.63, 3.8) is 0 Å². The molecule has 1 aromatic rings. The summed E-state index contributed by atoms with van der Waals surface area (Å²) in [4.78, 5) is 24.6. The lowest BCUT2D eigenvalue weighted by Crippen LogP contribution is -2.30. The van der Waals surface area contributed by atoms with Crippen LogP contribution >= 0.6 is 0 Å². The summed E-state index contributed by atoms with van der Waals surface area (Å²) in [6.07, 6.45) is 3.08. The van der Waals surface area contributed by atoms with Crippen LogP contribution in [-0.4, -0.2) is 29.8 Å². The van der Waals surface area contributed by atoms with Crippen molar-refractivity contribution in [1.29, 1.82) is 0 Å². The van der Waals surface area contributed by atoms with E-state index >= 15 is 0 Å². The first-order valence-electron chi connectivity index (χ1n) is 7.79. The summed E-state index contributed by atoms with van der Waals surface area (Å²) in [6.45, 7) is 5.13. The third-order valence-corrected chi connectivity index (χ3v) is 3.44. The van der Waals surface area contributed by atoms with Crippen molar-refractivity contribution in [2.75, 3.05) is 13.1 Å². The summed E-state index contributed by atoms with van der Waals surface area (Å²) < 4.78 is 13.2. The van der Waals surface area contributed by atoms with Crippen LogP contribution in [0, 0.1) is 5.82 Å². The lowest BCUT2D eigenvalue weighted by atomic mass is 10.1. The molecule has 0 bridgehead atoms. The summed E-state index contributed by atoms with van der Waals surface area (Å²) in [7, 11) is 0. The molecule has 0 spiro atoms. The number of nitrogens with zero attached hydrogens (tertiary/aromatic N) is 1. The molecule has 0 radical (unpaired) electrons. The molecule has 1 N–H and O–H groups in total. The number of amides is 2. The largest absolute Gasteiger partial charge is 0.356 e. The molecule has 0 aliphatic carbocycles. The van der Waals surface area contributed by atoms with Gasteiger partial charge < -0.3 is 10.2 Å². The minimum Gasteiger partial charge on any atom is -0.356 e. The highest BCUT2D eigenvalue weighted by molar-refractivity contribution is 5.76. The van der Waals surface area contributed by atoms with Gasteiger partial charge in [0.2, 0.25) is 11.8 Å². The minimum absolute atomic E-state index is 0.0247. The fourth-order valence-corrected chi connectivity index (χ4v) is 2.23. The topological polar surface area (TPSA) is 49.4 Å². The fraction of sp³-hybridized carbons (Fsp3) is 0.529. The molecule has 0 saturated carbocycles. The number of benzene rings is 1. The molecule has 5 heteroatoms. The second-order valence-corrected chi connectivity index (χ2v) is 5.33. The van der Waals surface area contributed by atoms with E-state index in [4.69, 9.17) is 0 Å². The number of hydrogen-bond donors (Lipinski definition) is 1. The number of unbranched alkanes of at least 4 members (excludes halogenated alkanes) is 2. The van der Waals surface area contributed by atoms with Gasteiger partial charge in [0.15, 0.2) is 0 Å². The first-order valence-corrected chi connectivity index (χ1v) is 7.79. The zero-order valence-corrected chi connectivity index (χ0v) is 13.4. The molecular formula is C17H25FN2O2. The molecule has 4 nitrogen and oxygen atoms in total. The van der Waals surface area contributed by atoms with E-state index in [-0.39, 0.29) is 17.6 Å². The number of nitrogens with one attached hydrogen (secondary N) is 1. The van der Waals surface area contributed by atoms with Crippen LogP contribution in [0.4, 0.5) is 4.39 Å². The van der Waals surface area contributed by atoms with E-state index in [1.165, 1.54) is 19.1 Å². The second kappa shape index (κ2) is 9.92. The van der Waals surface area contributed by atoms with Crippen LogP contribution in [0.2, 0.25) is 0 Å². The van der Waals surface area contributed by atoms with Gasteiger partial charge in [-0.15, -0.1) is 0 Å². The van der Waals surface area contributed by atoms with Crippen molar-refractivity contribution in [3.05, 3.63) is 35.6 Å². The quantitative estimate of drug-likeness (QED) is 0.713. The van der Waals surface area contributed by atoms with Crippen molar-refractivity contribution in [1.82, 2.24) is 10.2 Å². The Kier molecular flexibility index (Phi) is 8.18.